The van der Waals surface area contributed by atoms with Crippen molar-refractivity contribution in [2.45, 2.75) is 39.8 Å². The second-order valence-electron chi connectivity index (χ2n) is 5.95. The molecular weight excluding hydrogens is 272 g/mol. The fraction of sp³-hybridized carbons (Fsp3) is 0.611. The molecule has 1 N–H and O–H groups in total. The monoisotopic (exact) mass is 304 g/mol. The fourth-order valence-corrected chi connectivity index (χ4v) is 2.34. The first-order valence-corrected chi connectivity index (χ1v) is 8.29. The maximum atomic E-state index is 4.82. The van der Waals surface area contributed by atoms with Crippen molar-refractivity contribution in [3.8, 4) is 0 Å². The summed E-state index contributed by atoms with van der Waals surface area (Å²) < 4.78 is 0. The van der Waals surface area contributed by atoms with Gasteiger partial charge in [-0.3, -0.25) is 0 Å². The van der Waals surface area contributed by atoms with E-state index in [1.165, 1.54) is 24.0 Å². The van der Waals surface area contributed by atoms with E-state index in [-0.39, 0.29) is 0 Å². The minimum Gasteiger partial charge on any atom is -0.357 e. The van der Waals surface area contributed by atoms with Crippen LogP contribution in [0.1, 0.15) is 37.8 Å². The highest BCUT2D eigenvalue weighted by atomic mass is 15.3. The SMILES string of the molecule is CCCCN(C)C(=NCc1ccccc1CN(C)C)NCC. The second-order valence-corrected chi connectivity index (χ2v) is 5.95. The predicted octanol–water partition coefficient (Wildman–Crippen LogP) is 2.95. The van der Waals surface area contributed by atoms with Crippen LogP contribution in [0.3, 0.4) is 0 Å². The first kappa shape index (κ1) is 18.5. The summed E-state index contributed by atoms with van der Waals surface area (Å²) in [5, 5.41) is 3.39. The van der Waals surface area contributed by atoms with Crippen LogP contribution in [0.5, 0.6) is 0 Å². The van der Waals surface area contributed by atoms with Gasteiger partial charge in [0.05, 0.1) is 6.54 Å². The number of nitrogens with zero attached hydrogens (tertiary/aromatic N) is 3. The van der Waals surface area contributed by atoms with E-state index >= 15 is 0 Å². The van der Waals surface area contributed by atoms with Gasteiger partial charge in [-0.25, -0.2) is 4.99 Å². The van der Waals surface area contributed by atoms with Gasteiger partial charge in [0.25, 0.3) is 0 Å². The normalized spacial score (nSPS) is 11.8. The molecule has 0 amide bonds. The summed E-state index contributed by atoms with van der Waals surface area (Å²) in [5.41, 5.74) is 2.65. The molecule has 0 aliphatic carbocycles. The Balaban J connectivity index is 2.81. The van der Waals surface area contributed by atoms with Gasteiger partial charge in [-0.1, -0.05) is 37.6 Å². The molecule has 0 spiro atoms. The van der Waals surface area contributed by atoms with Gasteiger partial charge in [-0.05, 0) is 38.6 Å². The van der Waals surface area contributed by atoms with E-state index in [0.29, 0.717) is 0 Å². The largest absolute Gasteiger partial charge is 0.357 e. The van der Waals surface area contributed by atoms with Crippen molar-refractivity contribution < 1.29 is 0 Å². The molecule has 0 heterocycles. The maximum Gasteiger partial charge on any atom is 0.193 e. The lowest BCUT2D eigenvalue weighted by Crippen LogP contribution is -2.39. The minimum absolute atomic E-state index is 0.725. The summed E-state index contributed by atoms with van der Waals surface area (Å²) in [6, 6.07) is 8.57. The highest BCUT2D eigenvalue weighted by molar-refractivity contribution is 5.79. The zero-order valence-electron chi connectivity index (χ0n) is 14.9. The van der Waals surface area contributed by atoms with E-state index in [0.717, 1.165) is 32.1 Å². The number of aliphatic imine (C=N–C) groups is 1. The molecule has 1 aromatic rings. The van der Waals surface area contributed by atoms with Gasteiger partial charge in [0, 0.05) is 26.7 Å². The molecule has 4 heteroatoms. The topological polar surface area (TPSA) is 30.9 Å². The van der Waals surface area contributed by atoms with Crippen LogP contribution >= 0.6 is 0 Å². The number of hydrogen-bond acceptors (Lipinski definition) is 2. The zero-order valence-corrected chi connectivity index (χ0v) is 14.9. The highest BCUT2D eigenvalue weighted by Gasteiger charge is 2.06. The lowest BCUT2D eigenvalue weighted by molar-refractivity contribution is 0.401. The van der Waals surface area contributed by atoms with Crippen LogP contribution in [-0.2, 0) is 13.1 Å². The summed E-state index contributed by atoms with van der Waals surface area (Å²) in [6.45, 7) is 7.95. The number of guanidine groups is 1. The standard InChI is InChI=1S/C18H32N4/c1-6-8-13-22(5)18(19-7-2)20-14-16-11-9-10-12-17(16)15-21(3)4/h9-12H,6-8,13-15H2,1-5H3,(H,19,20). The van der Waals surface area contributed by atoms with Crippen molar-refractivity contribution in [2.75, 3.05) is 34.2 Å². The van der Waals surface area contributed by atoms with E-state index in [4.69, 9.17) is 4.99 Å². The van der Waals surface area contributed by atoms with Gasteiger partial charge in [-0.2, -0.15) is 0 Å². The van der Waals surface area contributed by atoms with Crippen LogP contribution in [0.25, 0.3) is 0 Å². The third-order valence-electron chi connectivity index (χ3n) is 3.55. The van der Waals surface area contributed by atoms with Crippen molar-refractivity contribution in [1.29, 1.82) is 0 Å². The molecule has 0 bridgehead atoms. The summed E-state index contributed by atoms with van der Waals surface area (Å²) in [6.07, 6.45) is 2.40. The third kappa shape index (κ3) is 6.48. The Morgan fingerprint density at radius 3 is 2.36 bits per heavy atom. The van der Waals surface area contributed by atoms with Gasteiger partial charge >= 0.3 is 0 Å². The molecule has 0 atom stereocenters. The quantitative estimate of drug-likeness (QED) is 0.592. The van der Waals surface area contributed by atoms with Gasteiger partial charge in [0.15, 0.2) is 5.96 Å². The predicted molar refractivity (Wildman–Crippen MR) is 96.2 cm³/mol. The molecule has 0 aromatic heterocycles. The van der Waals surface area contributed by atoms with E-state index in [1.54, 1.807) is 0 Å². The second kappa shape index (κ2) is 10.2. The Kier molecular flexibility index (Phi) is 8.60. The first-order valence-electron chi connectivity index (χ1n) is 8.29. The van der Waals surface area contributed by atoms with Crippen LogP contribution in [-0.4, -0.2) is 50.0 Å². The molecule has 1 aromatic carbocycles. The average molecular weight is 304 g/mol. The molecule has 0 aliphatic heterocycles. The number of hydrogen-bond donors (Lipinski definition) is 1. The van der Waals surface area contributed by atoms with E-state index in [9.17, 15) is 0 Å². The van der Waals surface area contributed by atoms with E-state index in [2.05, 4.69) is 74.4 Å². The molecule has 0 saturated heterocycles. The molecule has 4 nitrogen and oxygen atoms in total. The van der Waals surface area contributed by atoms with Crippen LogP contribution in [0.4, 0.5) is 0 Å². The lowest BCUT2D eigenvalue weighted by Gasteiger charge is -2.22. The number of rotatable bonds is 8. The number of nitrogens with one attached hydrogen (secondary N) is 1. The Hall–Kier alpha value is -1.55. The maximum absolute atomic E-state index is 4.82. The first-order chi connectivity index (χ1) is 10.6. The van der Waals surface area contributed by atoms with Crippen molar-refractivity contribution in [3.05, 3.63) is 35.4 Å². The molecule has 124 valence electrons. The average Bonchev–Trinajstić information content (AvgIpc) is 2.49. The summed E-state index contributed by atoms with van der Waals surface area (Å²) in [5.74, 6) is 0.996. The van der Waals surface area contributed by atoms with Crippen molar-refractivity contribution in [3.63, 3.8) is 0 Å². The molecule has 0 radical (unpaired) electrons. The molecular formula is C18H32N4. The molecule has 0 unspecified atom stereocenters. The number of benzene rings is 1. The molecule has 1 rings (SSSR count). The van der Waals surface area contributed by atoms with E-state index in [1.807, 2.05) is 0 Å². The summed E-state index contributed by atoms with van der Waals surface area (Å²) in [4.78, 5) is 9.24. The summed E-state index contributed by atoms with van der Waals surface area (Å²) in [7, 11) is 6.31. The van der Waals surface area contributed by atoms with Crippen LogP contribution in [0.15, 0.2) is 29.3 Å². The van der Waals surface area contributed by atoms with Crippen molar-refractivity contribution >= 4 is 5.96 Å². The zero-order chi connectivity index (χ0) is 16.4. The van der Waals surface area contributed by atoms with Crippen LogP contribution in [0, 0.1) is 0 Å². The van der Waals surface area contributed by atoms with Crippen molar-refractivity contribution in [2.24, 2.45) is 4.99 Å². The van der Waals surface area contributed by atoms with Gasteiger partial charge in [-0.15, -0.1) is 0 Å². The smallest absolute Gasteiger partial charge is 0.193 e. The third-order valence-corrected chi connectivity index (χ3v) is 3.55. The van der Waals surface area contributed by atoms with Gasteiger partial charge in [0.1, 0.15) is 0 Å². The van der Waals surface area contributed by atoms with Crippen LogP contribution < -0.4 is 5.32 Å². The lowest BCUT2D eigenvalue weighted by atomic mass is 10.1. The molecule has 0 aliphatic rings. The molecule has 0 saturated carbocycles. The Labute approximate surface area is 136 Å². The number of unbranched alkanes of at least 4 members (excludes halogenated alkanes) is 1. The van der Waals surface area contributed by atoms with Gasteiger partial charge in [0.2, 0.25) is 0 Å². The molecule has 0 fully saturated rings. The Bertz CT molecular complexity index is 454. The highest BCUT2D eigenvalue weighted by Crippen LogP contribution is 2.12. The summed E-state index contributed by atoms with van der Waals surface area (Å²) >= 11 is 0. The van der Waals surface area contributed by atoms with Gasteiger partial charge < -0.3 is 15.1 Å². The fourth-order valence-electron chi connectivity index (χ4n) is 2.34. The molecule has 22 heavy (non-hydrogen) atoms. The minimum atomic E-state index is 0.725. The van der Waals surface area contributed by atoms with Crippen LogP contribution in [0.2, 0.25) is 0 Å². The Morgan fingerprint density at radius 2 is 1.77 bits per heavy atom. The van der Waals surface area contributed by atoms with E-state index < -0.39 is 0 Å². The Morgan fingerprint density at radius 1 is 1.09 bits per heavy atom. The van der Waals surface area contributed by atoms with Crippen molar-refractivity contribution in [1.82, 2.24) is 15.1 Å².